The molecule has 0 radical (unpaired) electrons. The van der Waals surface area contributed by atoms with Crippen LogP contribution in [-0.2, 0) is 11.2 Å². The zero-order valence-electron chi connectivity index (χ0n) is 15.0. The van der Waals surface area contributed by atoms with Gasteiger partial charge in [-0.25, -0.2) is 0 Å². The molecule has 1 N–H and O–H groups in total. The highest BCUT2D eigenvalue weighted by atomic mass is 16.2. The largest absolute Gasteiger partial charge is 0.348 e. The minimum atomic E-state index is 0.0472. The van der Waals surface area contributed by atoms with Crippen LogP contribution in [0.5, 0.6) is 0 Å². The van der Waals surface area contributed by atoms with E-state index in [9.17, 15) is 4.79 Å². The van der Waals surface area contributed by atoms with Gasteiger partial charge in [-0.1, -0.05) is 45.0 Å². The van der Waals surface area contributed by atoms with Crippen LogP contribution < -0.4 is 5.32 Å². The minimum Gasteiger partial charge on any atom is -0.348 e. The van der Waals surface area contributed by atoms with Crippen molar-refractivity contribution in [2.45, 2.75) is 59.5 Å². The molecule has 0 aliphatic rings. The zero-order valence-corrected chi connectivity index (χ0v) is 15.0. The molecule has 0 aliphatic carbocycles. The number of hydrogen-bond acceptors (Lipinski definition) is 2. The van der Waals surface area contributed by atoms with Crippen molar-refractivity contribution in [2.24, 2.45) is 5.92 Å². The SMILES string of the molecule is CC[C@@H](C)N(C)CC(=O)N[C@H](C)c1ccc(CC(C)C)cc1. The van der Waals surface area contributed by atoms with Gasteiger partial charge in [0.25, 0.3) is 0 Å². The first-order valence-electron chi connectivity index (χ1n) is 8.41. The lowest BCUT2D eigenvalue weighted by Crippen LogP contribution is -2.40. The van der Waals surface area contributed by atoms with Crippen LogP contribution in [0.15, 0.2) is 24.3 Å². The van der Waals surface area contributed by atoms with Crippen molar-refractivity contribution in [1.82, 2.24) is 10.2 Å². The summed E-state index contributed by atoms with van der Waals surface area (Å²) in [4.78, 5) is 14.2. The molecule has 1 aromatic carbocycles. The van der Waals surface area contributed by atoms with Gasteiger partial charge in [-0.15, -0.1) is 0 Å². The van der Waals surface area contributed by atoms with Gasteiger partial charge in [-0.05, 0) is 50.8 Å². The Morgan fingerprint density at radius 3 is 2.23 bits per heavy atom. The number of likely N-dealkylation sites (N-methyl/N-ethyl adjacent to an activating group) is 1. The summed E-state index contributed by atoms with van der Waals surface area (Å²) in [5.41, 5.74) is 2.51. The van der Waals surface area contributed by atoms with Crippen molar-refractivity contribution in [3.05, 3.63) is 35.4 Å². The average Bonchev–Trinajstić information content (AvgIpc) is 2.46. The Hall–Kier alpha value is -1.35. The van der Waals surface area contributed by atoms with Crippen molar-refractivity contribution in [2.75, 3.05) is 13.6 Å². The van der Waals surface area contributed by atoms with E-state index < -0.39 is 0 Å². The van der Waals surface area contributed by atoms with Gasteiger partial charge in [0.05, 0.1) is 12.6 Å². The number of amides is 1. The fourth-order valence-electron chi connectivity index (χ4n) is 2.48. The van der Waals surface area contributed by atoms with E-state index in [1.54, 1.807) is 0 Å². The molecular weight excluding hydrogens is 272 g/mol. The van der Waals surface area contributed by atoms with Gasteiger partial charge in [0.15, 0.2) is 0 Å². The second-order valence-corrected chi connectivity index (χ2v) is 6.80. The molecule has 0 saturated carbocycles. The Bertz CT molecular complexity index is 453. The fourth-order valence-corrected chi connectivity index (χ4v) is 2.48. The van der Waals surface area contributed by atoms with Gasteiger partial charge in [0.1, 0.15) is 0 Å². The molecule has 0 aromatic heterocycles. The molecule has 1 rings (SSSR count). The molecular formula is C19H32N2O. The zero-order chi connectivity index (χ0) is 16.7. The molecule has 0 saturated heterocycles. The number of nitrogens with one attached hydrogen (secondary N) is 1. The van der Waals surface area contributed by atoms with Crippen molar-refractivity contribution in [3.63, 3.8) is 0 Å². The van der Waals surface area contributed by atoms with E-state index in [-0.39, 0.29) is 11.9 Å². The predicted molar refractivity (Wildman–Crippen MR) is 93.9 cm³/mol. The van der Waals surface area contributed by atoms with E-state index in [0.717, 1.165) is 18.4 Å². The van der Waals surface area contributed by atoms with Gasteiger partial charge >= 0.3 is 0 Å². The normalized spacial score (nSPS) is 14.2. The van der Waals surface area contributed by atoms with Crippen LogP contribution in [0.25, 0.3) is 0 Å². The first-order valence-corrected chi connectivity index (χ1v) is 8.41. The monoisotopic (exact) mass is 304 g/mol. The number of rotatable bonds is 8. The van der Waals surface area contributed by atoms with Gasteiger partial charge < -0.3 is 5.32 Å². The van der Waals surface area contributed by atoms with Crippen LogP contribution >= 0.6 is 0 Å². The Labute approximate surface area is 136 Å². The summed E-state index contributed by atoms with van der Waals surface area (Å²) in [6.07, 6.45) is 2.15. The summed E-state index contributed by atoms with van der Waals surface area (Å²) in [5, 5.41) is 3.09. The lowest BCUT2D eigenvalue weighted by Gasteiger charge is -2.24. The standard InChI is InChI=1S/C19H32N2O/c1-7-15(4)21(6)13-19(22)20-16(5)18-10-8-17(9-11-18)12-14(2)3/h8-11,14-16H,7,12-13H2,1-6H3,(H,20,22)/t15-,16-/m1/s1. The van der Waals surface area contributed by atoms with E-state index in [4.69, 9.17) is 0 Å². The van der Waals surface area contributed by atoms with E-state index in [2.05, 4.69) is 62.2 Å². The Morgan fingerprint density at radius 1 is 1.14 bits per heavy atom. The number of carbonyl (C=O) groups excluding carboxylic acids is 1. The highest BCUT2D eigenvalue weighted by Crippen LogP contribution is 2.15. The molecule has 0 unspecified atom stereocenters. The molecule has 3 heteroatoms. The fraction of sp³-hybridized carbons (Fsp3) is 0.632. The Morgan fingerprint density at radius 2 is 1.73 bits per heavy atom. The van der Waals surface area contributed by atoms with E-state index in [0.29, 0.717) is 18.5 Å². The molecule has 0 aliphatic heterocycles. The van der Waals surface area contributed by atoms with E-state index in [1.165, 1.54) is 5.56 Å². The van der Waals surface area contributed by atoms with Crippen molar-refractivity contribution in [1.29, 1.82) is 0 Å². The molecule has 1 amide bonds. The number of hydrogen-bond donors (Lipinski definition) is 1. The summed E-state index contributed by atoms with van der Waals surface area (Å²) in [7, 11) is 2.00. The minimum absolute atomic E-state index is 0.0472. The molecule has 3 nitrogen and oxygen atoms in total. The molecule has 2 atom stereocenters. The third kappa shape index (κ3) is 6.18. The third-order valence-corrected chi connectivity index (χ3v) is 4.24. The Balaban J connectivity index is 2.53. The molecule has 0 bridgehead atoms. The summed E-state index contributed by atoms with van der Waals surface area (Å²) < 4.78 is 0. The first kappa shape index (κ1) is 18.7. The topological polar surface area (TPSA) is 32.3 Å². The van der Waals surface area contributed by atoms with Gasteiger partial charge in [0, 0.05) is 6.04 Å². The summed E-state index contributed by atoms with van der Waals surface area (Å²) in [5.74, 6) is 0.751. The maximum atomic E-state index is 12.1. The maximum Gasteiger partial charge on any atom is 0.234 e. The highest BCUT2D eigenvalue weighted by molar-refractivity contribution is 5.78. The molecule has 1 aromatic rings. The quantitative estimate of drug-likeness (QED) is 0.792. The van der Waals surface area contributed by atoms with E-state index >= 15 is 0 Å². The molecule has 0 heterocycles. The predicted octanol–water partition coefficient (Wildman–Crippen LogP) is 3.79. The summed E-state index contributed by atoms with van der Waals surface area (Å²) in [6.45, 7) is 11.2. The van der Waals surface area contributed by atoms with Gasteiger partial charge in [0.2, 0.25) is 5.91 Å². The smallest absolute Gasteiger partial charge is 0.234 e. The summed E-state index contributed by atoms with van der Waals surface area (Å²) in [6, 6.07) is 9.07. The first-order chi connectivity index (χ1) is 10.3. The second kappa shape index (κ2) is 8.94. The van der Waals surface area contributed by atoms with Crippen LogP contribution in [0.2, 0.25) is 0 Å². The highest BCUT2D eigenvalue weighted by Gasteiger charge is 2.14. The molecule has 22 heavy (non-hydrogen) atoms. The third-order valence-electron chi connectivity index (χ3n) is 4.24. The van der Waals surface area contributed by atoms with Gasteiger partial charge in [-0.2, -0.15) is 0 Å². The summed E-state index contributed by atoms with van der Waals surface area (Å²) >= 11 is 0. The maximum absolute atomic E-state index is 12.1. The number of carbonyl (C=O) groups is 1. The second-order valence-electron chi connectivity index (χ2n) is 6.80. The van der Waals surface area contributed by atoms with Crippen LogP contribution in [-0.4, -0.2) is 30.4 Å². The van der Waals surface area contributed by atoms with Crippen molar-refractivity contribution in [3.8, 4) is 0 Å². The molecule has 0 fully saturated rings. The van der Waals surface area contributed by atoms with Crippen molar-refractivity contribution < 1.29 is 4.79 Å². The van der Waals surface area contributed by atoms with Gasteiger partial charge in [-0.3, -0.25) is 9.69 Å². The molecule has 0 spiro atoms. The van der Waals surface area contributed by atoms with Crippen LogP contribution in [0.1, 0.15) is 58.2 Å². The van der Waals surface area contributed by atoms with Crippen molar-refractivity contribution >= 4 is 5.91 Å². The van der Waals surface area contributed by atoms with Crippen LogP contribution in [0.3, 0.4) is 0 Å². The lowest BCUT2D eigenvalue weighted by atomic mass is 10.00. The number of nitrogens with zero attached hydrogens (tertiary/aromatic N) is 1. The van der Waals surface area contributed by atoms with E-state index in [1.807, 2.05) is 14.0 Å². The van der Waals surface area contributed by atoms with Crippen LogP contribution in [0.4, 0.5) is 0 Å². The molecule has 124 valence electrons. The number of benzene rings is 1. The lowest BCUT2D eigenvalue weighted by molar-refractivity contribution is -0.123. The Kier molecular flexibility index (Phi) is 7.60. The average molecular weight is 304 g/mol. The van der Waals surface area contributed by atoms with Crippen LogP contribution in [0, 0.1) is 5.92 Å².